The molecule has 0 fully saturated rings. The SMILES string of the molecule is CCOc1ccccc1NCc1ccc(C)nc1. The molecule has 0 amide bonds. The lowest BCUT2D eigenvalue weighted by Gasteiger charge is -2.12. The van der Waals surface area contributed by atoms with E-state index in [4.69, 9.17) is 4.74 Å². The number of para-hydroxylation sites is 2. The average Bonchev–Trinajstić information content (AvgIpc) is 2.40. The summed E-state index contributed by atoms with van der Waals surface area (Å²) >= 11 is 0. The highest BCUT2D eigenvalue weighted by Gasteiger charge is 2.01. The Bertz CT molecular complexity index is 494. The predicted octanol–water partition coefficient (Wildman–Crippen LogP) is 3.40. The van der Waals surface area contributed by atoms with Crippen LogP contribution in [0.2, 0.25) is 0 Å². The van der Waals surface area contributed by atoms with Crippen LogP contribution in [-0.2, 0) is 6.54 Å². The molecule has 0 aliphatic rings. The van der Waals surface area contributed by atoms with Gasteiger partial charge in [0.2, 0.25) is 0 Å². The summed E-state index contributed by atoms with van der Waals surface area (Å²) < 4.78 is 5.57. The summed E-state index contributed by atoms with van der Waals surface area (Å²) in [5.41, 5.74) is 3.21. The lowest BCUT2D eigenvalue weighted by Crippen LogP contribution is -2.03. The Morgan fingerprint density at radius 1 is 1.17 bits per heavy atom. The van der Waals surface area contributed by atoms with Crippen LogP contribution in [0, 0.1) is 6.92 Å². The van der Waals surface area contributed by atoms with E-state index in [-0.39, 0.29) is 0 Å². The van der Waals surface area contributed by atoms with Gasteiger partial charge in [-0.05, 0) is 37.6 Å². The molecule has 0 aliphatic carbocycles. The lowest BCUT2D eigenvalue weighted by atomic mass is 10.2. The van der Waals surface area contributed by atoms with Crippen molar-refractivity contribution in [2.75, 3.05) is 11.9 Å². The summed E-state index contributed by atoms with van der Waals surface area (Å²) in [5.74, 6) is 0.889. The van der Waals surface area contributed by atoms with E-state index in [0.29, 0.717) is 6.61 Å². The fraction of sp³-hybridized carbons (Fsp3) is 0.267. The quantitative estimate of drug-likeness (QED) is 0.872. The number of pyridine rings is 1. The highest BCUT2D eigenvalue weighted by molar-refractivity contribution is 5.56. The number of hydrogen-bond acceptors (Lipinski definition) is 3. The molecule has 1 heterocycles. The van der Waals surface area contributed by atoms with Crippen LogP contribution in [0.4, 0.5) is 5.69 Å². The Hall–Kier alpha value is -2.03. The summed E-state index contributed by atoms with van der Waals surface area (Å²) in [6.07, 6.45) is 1.89. The number of anilines is 1. The number of nitrogens with one attached hydrogen (secondary N) is 1. The summed E-state index contributed by atoms with van der Waals surface area (Å²) in [6, 6.07) is 12.1. The third-order valence-corrected chi connectivity index (χ3v) is 2.64. The maximum absolute atomic E-state index is 5.57. The molecule has 0 aliphatic heterocycles. The number of benzene rings is 1. The van der Waals surface area contributed by atoms with Crippen LogP contribution < -0.4 is 10.1 Å². The van der Waals surface area contributed by atoms with Crippen molar-refractivity contribution in [1.29, 1.82) is 0 Å². The lowest BCUT2D eigenvalue weighted by molar-refractivity contribution is 0.341. The largest absolute Gasteiger partial charge is 0.492 e. The molecule has 2 aromatic rings. The molecule has 0 spiro atoms. The van der Waals surface area contributed by atoms with Crippen molar-refractivity contribution < 1.29 is 4.74 Å². The van der Waals surface area contributed by atoms with E-state index in [9.17, 15) is 0 Å². The molecule has 0 atom stereocenters. The van der Waals surface area contributed by atoms with Gasteiger partial charge in [-0.25, -0.2) is 0 Å². The van der Waals surface area contributed by atoms with Gasteiger partial charge in [-0.3, -0.25) is 4.98 Å². The van der Waals surface area contributed by atoms with Crippen molar-refractivity contribution >= 4 is 5.69 Å². The van der Waals surface area contributed by atoms with E-state index in [2.05, 4.69) is 16.4 Å². The molecule has 18 heavy (non-hydrogen) atoms. The van der Waals surface area contributed by atoms with Gasteiger partial charge in [0.1, 0.15) is 5.75 Å². The van der Waals surface area contributed by atoms with Crippen molar-refractivity contribution in [2.24, 2.45) is 0 Å². The summed E-state index contributed by atoms with van der Waals surface area (Å²) in [7, 11) is 0. The average molecular weight is 242 g/mol. The van der Waals surface area contributed by atoms with Crippen LogP contribution in [-0.4, -0.2) is 11.6 Å². The molecular weight excluding hydrogens is 224 g/mol. The van der Waals surface area contributed by atoms with Crippen molar-refractivity contribution in [1.82, 2.24) is 4.98 Å². The Morgan fingerprint density at radius 2 is 2.00 bits per heavy atom. The zero-order valence-electron chi connectivity index (χ0n) is 10.8. The van der Waals surface area contributed by atoms with Crippen molar-refractivity contribution in [3.8, 4) is 5.75 Å². The first-order valence-corrected chi connectivity index (χ1v) is 6.17. The first kappa shape index (κ1) is 12.4. The fourth-order valence-electron chi connectivity index (χ4n) is 1.69. The van der Waals surface area contributed by atoms with Gasteiger partial charge in [-0.15, -0.1) is 0 Å². The minimum absolute atomic E-state index is 0.671. The second-order valence-electron chi connectivity index (χ2n) is 4.09. The summed E-state index contributed by atoms with van der Waals surface area (Å²) in [4.78, 5) is 4.28. The van der Waals surface area contributed by atoms with Crippen molar-refractivity contribution in [3.63, 3.8) is 0 Å². The minimum atomic E-state index is 0.671. The molecule has 1 aromatic carbocycles. The van der Waals surface area contributed by atoms with E-state index in [1.807, 2.05) is 50.4 Å². The maximum Gasteiger partial charge on any atom is 0.142 e. The smallest absolute Gasteiger partial charge is 0.142 e. The summed E-state index contributed by atoms with van der Waals surface area (Å²) in [6.45, 7) is 5.39. The van der Waals surface area contributed by atoms with E-state index in [1.165, 1.54) is 0 Å². The van der Waals surface area contributed by atoms with Gasteiger partial charge in [0.25, 0.3) is 0 Å². The molecule has 0 saturated carbocycles. The van der Waals surface area contributed by atoms with Gasteiger partial charge in [0, 0.05) is 18.4 Å². The first-order valence-electron chi connectivity index (χ1n) is 6.17. The molecule has 0 radical (unpaired) electrons. The third kappa shape index (κ3) is 3.23. The molecule has 0 saturated heterocycles. The maximum atomic E-state index is 5.57. The van der Waals surface area contributed by atoms with Crippen LogP contribution in [0.3, 0.4) is 0 Å². The molecule has 2 rings (SSSR count). The van der Waals surface area contributed by atoms with Gasteiger partial charge < -0.3 is 10.1 Å². The van der Waals surface area contributed by atoms with E-state index < -0.39 is 0 Å². The normalized spacial score (nSPS) is 10.1. The van der Waals surface area contributed by atoms with Gasteiger partial charge in [-0.1, -0.05) is 18.2 Å². The molecule has 1 N–H and O–H groups in total. The molecule has 94 valence electrons. The van der Waals surface area contributed by atoms with E-state index >= 15 is 0 Å². The van der Waals surface area contributed by atoms with Crippen LogP contribution in [0.1, 0.15) is 18.2 Å². The number of aryl methyl sites for hydroxylation is 1. The zero-order valence-corrected chi connectivity index (χ0v) is 10.8. The second-order valence-corrected chi connectivity index (χ2v) is 4.09. The molecule has 0 unspecified atom stereocenters. The van der Waals surface area contributed by atoms with Crippen LogP contribution in [0.15, 0.2) is 42.6 Å². The number of hydrogen-bond donors (Lipinski definition) is 1. The standard InChI is InChI=1S/C15H18N2O/c1-3-18-15-7-5-4-6-14(15)17-11-13-9-8-12(2)16-10-13/h4-10,17H,3,11H2,1-2H3. The Balaban J connectivity index is 2.03. The third-order valence-electron chi connectivity index (χ3n) is 2.64. The zero-order chi connectivity index (χ0) is 12.8. The van der Waals surface area contributed by atoms with Crippen LogP contribution in [0.5, 0.6) is 5.75 Å². The fourth-order valence-corrected chi connectivity index (χ4v) is 1.69. The van der Waals surface area contributed by atoms with Gasteiger partial charge in [0.05, 0.1) is 12.3 Å². The van der Waals surface area contributed by atoms with Gasteiger partial charge >= 0.3 is 0 Å². The highest BCUT2D eigenvalue weighted by Crippen LogP contribution is 2.24. The Morgan fingerprint density at radius 3 is 2.72 bits per heavy atom. The molecule has 3 heteroatoms. The second kappa shape index (κ2) is 6.05. The molecule has 0 bridgehead atoms. The number of ether oxygens (including phenoxy) is 1. The van der Waals surface area contributed by atoms with Gasteiger partial charge in [-0.2, -0.15) is 0 Å². The summed E-state index contributed by atoms with van der Waals surface area (Å²) in [5, 5.41) is 3.37. The highest BCUT2D eigenvalue weighted by atomic mass is 16.5. The Labute approximate surface area is 108 Å². The predicted molar refractivity (Wildman–Crippen MR) is 73.9 cm³/mol. The van der Waals surface area contributed by atoms with Crippen LogP contribution >= 0.6 is 0 Å². The monoisotopic (exact) mass is 242 g/mol. The number of nitrogens with zero attached hydrogens (tertiary/aromatic N) is 1. The molecule has 3 nitrogen and oxygen atoms in total. The number of rotatable bonds is 5. The number of aromatic nitrogens is 1. The molecule has 1 aromatic heterocycles. The van der Waals surface area contributed by atoms with Crippen molar-refractivity contribution in [3.05, 3.63) is 53.9 Å². The minimum Gasteiger partial charge on any atom is -0.492 e. The van der Waals surface area contributed by atoms with E-state index in [0.717, 1.165) is 29.2 Å². The van der Waals surface area contributed by atoms with Crippen LogP contribution in [0.25, 0.3) is 0 Å². The van der Waals surface area contributed by atoms with Gasteiger partial charge in [0.15, 0.2) is 0 Å². The van der Waals surface area contributed by atoms with E-state index in [1.54, 1.807) is 0 Å². The van der Waals surface area contributed by atoms with Crippen molar-refractivity contribution in [2.45, 2.75) is 20.4 Å². The first-order chi connectivity index (χ1) is 8.79. The Kier molecular flexibility index (Phi) is 4.18. The topological polar surface area (TPSA) is 34.1 Å². The molecular formula is C15H18N2O.